The van der Waals surface area contributed by atoms with E-state index in [1.165, 1.54) is 0 Å². The number of aliphatic imine (C=N–C) groups is 1. The minimum atomic E-state index is -0.100. The topological polar surface area (TPSA) is 45.1 Å². The Morgan fingerprint density at radius 2 is 1.56 bits per heavy atom. The number of hydrogen-bond donors (Lipinski definition) is 0. The maximum atomic E-state index is 13.0. The molecule has 126 valence electrons. The molecule has 1 fully saturated rings. The van der Waals surface area contributed by atoms with Crippen molar-refractivity contribution in [3.05, 3.63) is 71.9 Å². The zero-order valence-electron chi connectivity index (χ0n) is 13.8. The number of rotatable bonds is 2. The Labute approximate surface area is 146 Å². The molecule has 0 aromatic heterocycles. The van der Waals surface area contributed by atoms with Crippen LogP contribution in [0.5, 0.6) is 0 Å². The second kappa shape index (κ2) is 6.91. The van der Waals surface area contributed by atoms with Crippen molar-refractivity contribution in [2.75, 3.05) is 31.2 Å². The van der Waals surface area contributed by atoms with Crippen LogP contribution in [-0.4, -0.2) is 43.1 Å². The van der Waals surface area contributed by atoms with E-state index in [1.807, 2.05) is 66.7 Å². The molecule has 5 nitrogen and oxygen atoms in total. The molecule has 2 aromatic carbocycles. The summed E-state index contributed by atoms with van der Waals surface area (Å²) < 4.78 is 5.43. The highest BCUT2D eigenvalue weighted by Crippen LogP contribution is 2.26. The molecule has 5 heteroatoms. The number of morpholine rings is 1. The van der Waals surface area contributed by atoms with Crippen molar-refractivity contribution >= 4 is 23.6 Å². The third kappa shape index (κ3) is 3.19. The molecule has 4 rings (SSSR count). The molecule has 0 unspecified atom stereocenters. The van der Waals surface area contributed by atoms with Gasteiger partial charge in [-0.25, -0.2) is 9.89 Å². The van der Waals surface area contributed by atoms with E-state index in [2.05, 4.69) is 9.89 Å². The molecule has 0 bridgehead atoms. The van der Waals surface area contributed by atoms with Crippen molar-refractivity contribution in [2.45, 2.75) is 0 Å². The molecule has 0 saturated carbocycles. The highest BCUT2D eigenvalue weighted by atomic mass is 16.5. The molecule has 2 aliphatic rings. The Morgan fingerprint density at radius 1 is 0.920 bits per heavy atom. The van der Waals surface area contributed by atoms with Crippen LogP contribution in [0.15, 0.2) is 71.4 Å². The molecule has 2 heterocycles. The highest BCUT2D eigenvalue weighted by molar-refractivity contribution is 6.28. The lowest BCUT2D eigenvalue weighted by Gasteiger charge is -2.32. The summed E-state index contributed by atoms with van der Waals surface area (Å²) in [5, 5.41) is 0. The lowest BCUT2D eigenvalue weighted by molar-refractivity contribution is -0.113. The van der Waals surface area contributed by atoms with Gasteiger partial charge in [0.15, 0.2) is 0 Å². The molecule has 2 aliphatic heterocycles. The number of para-hydroxylation sites is 1. The summed E-state index contributed by atoms with van der Waals surface area (Å²) in [7, 11) is 0. The first-order valence-corrected chi connectivity index (χ1v) is 8.40. The van der Waals surface area contributed by atoms with Gasteiger partial charge in [-0.1, -0.05) is 48.5 Å². The molecule has 1 amide bonds. The minimum Gasteiger partial charge on any atom is -0.378 e. The summed E-state index contributed by atoms with van der Waals surface area (Å²) in [5.41, 5.74) is 2.25. The van der Waals surface area contributed by atoms with Crippen LogP contribution in [0.4, 0.5) is 5.69 Å². The first-order chi connectivity index (χ1) is 12.3. The lowest BCUT2D eigenvalue weighted by atomic mass is 10.2. The Balaban J connectivity index is 1.74. The van der Waals surface area contributed by atoms with Gasteiger partial charge in [0.05, 0.1) is 18.9 Å². The van der Waals surface area contributed by atoms with Crippen molar-refractivity contribution in [3.8, 4) is 0 Å². The van der Waals surface area contributed by atoms with Crippen molar-refractivity contribution in [3.63, 3.8) is 0 Å². The number of hydrogen-bond acceptors (Lipinski definition) is 4. The number of anilines is 1. The van der Waals surface area contributed by atoms with E-state index in [0.717, 1.165) is 24.3 Å². The van der Waals surface area contributed by atoms with Gasteiger partial charge >= 0.3 is 0 Å². The molecule has 2 aromatic rings. The predicted molar refractivity (Wildman–Crippen MR) is 98.2 cm³/mol. The predicted octanol–water partition coefficient (Wildman–Crippen LogP) is 2.76. The summed E-state index contributed by atoms with van der Waals surface area (Å²) in [4.78, 5) is 21.5. The number of guanidine groups is 1. The first kappa shape index (κ1) is 15.6. The van der Waals surface area contributed by atoms with Gasteiger partial charge in [0, 0.05) is 13.1 Å². The number of nitrogens with zero attached hydrogens (tertiary/aromatic N) is 3. The van der Waals surface area contributed by atoms with Crippen molar-refractivity contribution in [1.29, 1.82) is 0 Å². The van der Waals surface area contributed by atoms with Crippen molar-refractivity contribution in [1.82, 2.24) is 4.90 Å². The van der Waals surface area contributed by atoms with Crippen LogP contribution in [0.1, 0.15) is 5.56 Å². The van der Waals surface area contributed by atoms with Gasteiger partial charge in [-0.05, 0) is 23.8 Å². The monoisotopic (exact) mass is 333 g/mol. The summed E-state index contributed by atoms with van der Waals surface area (Å²) >= 11 is 0. The third-order valence-corrected chi connectivity index (χ3v) is 4.25. The van der Waals surface area contributed by atoms with Crippen LogP contribution < -0.4 is 4.90 Å². The first-order valence-electron chi connectivity index (χ1n) is 8.40. The zero-order valence-corrected chi connectivity index (χ0v) is 13.8. The van der Waals surface area contributed by atoms with E-state index in [4.69, 9.17) is 4.74 Å². The van der Waals surface area contributed by atoms with E-state index < -0.39 is 0 Å². The van der Waals surface area contributed by atoms with E-state index in [-0.39, 0.29) is 5.91 Å². The molecule has 0 aliphatic carbocycles. The second-order valence-electron chi connectivity index (χ2n) is 5.93. The fraction of sp³-hybridized carbons (Fsp3) is 0.200. The Hall–Kier alpha value is -2.92. The zero-order chi connectivity index (χ0) is 17.1. The average molecular weight is 333 g/mol. The van der Waals surface area contributed by atoms with Gasteiger partial charge < -0.3 is 9.64 Å². The standard InChI is InChI=1S/C20H19N3O2/c24-19-18(15-16-7-3-1-4-8-16)21-20(22-11-13-25-14-12-22)23(19)17-9-5-2-6-10-17/h1-10,15H,11-14H2/b18-15+. The van der Waals surface area contributed by atoms with Crippen LogP contribution in [0.2, 0.25) is 0 Å². The summed E-state index contributed by atoms with van der Waals surface area (Å²) in [5.74, 6) is 0.582. The fourth-order valence-corrected chi connectivity index (χ4v) is 3.00. The van der Waals surface area contributed by atoms with Crippen molar-refractivity contribution < 1.29 is 9.53 Å². The molecule has 0 radical (unpaired) electrons. The summed E-state index contributed by atoms with van der Waals surface area (Å²) in [6.07, 6.45) is 1.84. The molecular formula is C20H19N3O2. The molecule has 0 N–H and O–H groups in total. The maximum Gasteiger partial charge on any atom is 0.283 e. The molecular weight excluding hydrogens is 314 g/mol. The van der Waals surface area contributed by atoms with Gasteiger partial charge in [0.1, 0.15) is 5.70 Å². The highest BCUT2D eigenvalue weighted by Gasteiger charge is 2.35. The Morgan fingerprint density at radius 3 is 2.24 bits per heavy atom. The lowest BCUT2D eigenvalue weighted by Crippen LogP contribution is -2.48. The number of carbonyl (C=O) groups excluding carboxylic acids is 1. The smallest absolute Gasteiger partial charge is 0.283 e. The van der Waals surface area contributed by atoms with Crippen LogP contribution in [0.3, 0.4) is 0 Å². The van der Waals surface area contributed by atoms with E-state index >= 15 is 0 Å². The van der Waals surface area contributed by atoms with Crippen molar-refractivity contribution in [2.24, 2.45) is 4.99 Å². The van der Waals surface area contributed by atoms with Gasteiger partial charge in [-0.3, -0.25) is 4.79 Å². The van der Waals surface area contributed by atoms with Gasteiger partial charge in [0.2, 0.25) is 5.96 Å². The Kier molecular flexibility index (Phi) is 4.31. The summed E-state index contributed by atoms with van der Waals surface area (Å²) in [6.45, 7) is 2.75. The van der Waals surface area contributed by atoms with E-state index in [9.17, 15) is 4.79 Å². The normalized spacial score (nSPS) is 19.4. The molecule has 0 atom stereocenters. The number of benzene rings is 2. The number of ether oxygens (including phenoxy) is 1. The van der Waals surface area contributed by atoms with Gasteiger partial charge in [-0.15, -0.1) is 0 Å². The molecule has 0 spiro atoms. The Bertz CT molecular complexity index is 809. The van der Waals surface area contributed by atoms with Gasteiger partial charge in [-0.2, -0.15) is 0 Å². The largest absolute Gasteiger partial charge is 0.378 e. The number of carbonyl (C=O) groups is 1. The van der Waals surface area contributed by atoms with Gasteiger partial charge in [0.25, 0.3) is 5.91 Å². The summed E-state index contributed by atoms with van der Waals surface area (Å²) in [6, 6.07) is 19.5. The molecule has 25 heavy (non-hydrogen) atoms. The van der Waals surface area contributed by atoms with Crippen LogP contribution >= 0.6 is 0 Å². The maximum absolute atomic E-state index is 13.0. The fourth-order valence-electron chi connectivity index (χ4n) is 3.00. The van der Waals surface area contributed by atoms with E-state index in [1.54, 1.807) is 4.90 Å². The van der Waals surface area contributed by atoms with E-state index in [0.29, 0.717) is 24.9 Å². The van der Waals surface area contributed by atoms with Crippen LogP contribution in [0.25, 0.3) is 6.08 Å². The third-order valence-electron chi connectivity index (χ3n) is 4.25. The second-order valence-corrected chi connectivity index (χ2v) is 5.93. The minimum absolute atomic E-state index is 0.100. The quantitative estimate of drug-likeness (QED) is 0.794. The van der Waals surface area contributed by atoms with Crippen LogP contribution in [-0.2, 0) is 9.53 Å². The average Bonchev–Trinajstić information content (AvgIpc) is 3.00. The SMILES string of the molecule is O=C1/C(=C\c2ccccc2)N=C(N2CCOCC2)N1c1ccccc1. The molecule has 1 saturated heterocycles. The number of amides is 1. The van der Waals surface area contributed by atoms with Crippen LogP contribution in [0, 0.1) is 0 Å².